The molecule has 0 spiro atoms. The van der Waals surface area contributed by atoms with Gasteiger partial charge in [0.25, 0.3) is 0 Å². The summed E-state index contributed by atoms with van der Waals surface area (Å²) < 4.78 is 0. The number of carbonyl (C=O) groups is 5. The lowest BCUT2D eigenvalue weighted by Gasteiger charge is -2.27. The van der Waals surface area contributed by atoms with E-state index in [0.29, 0.717) is 32.2 Å². The molecule has 0 bridgehead atoms. The van der Waals surface area contributed by atoms with Gasteiger partial charge in [0.15, 0.2) is 5.78 Å². The zero-order valence-corrected chi connectivity index (χ0v) is 25.5. The summed E-state index contributed by atoms with van der Waals surface area (Å²) in [7, 11) is 0. The van der Waals surface area contributed by atoms with Gasteiger partial charge < -0.3 is 26.6 Å². The Morgan fingerprint density at radius 3 is 1.92 bits per heavy atom. The molecular weight excluding hydrogens is 498 g/mol. The third kappa shape index (κ3) is 16.1. The largest absolute Gasteiger partial charge is 0.353 e. The van der Waals surface area contributed by atoms with Crippen molar-refractivity contribution in [2.24, 2.45) is 17.8 Å². The molecule has 224 valence electrons. The Kier molecular flexibility index (Phi) is 18.0. The third-order valence-corrected chi connectivity index (χ3v) is 6.01. The zero-order valence-electron chi connectivity index (χ0n) is 25.5. The Hall–Kier alpha value is -2.75. The summed E-state index contributed by atoms with van der Waals surface area (Å²) in [5.41, 5.74) is 0. The molecule has 0 fully saturated rings. The molecule has 0 aromatic heterocycles. The highest BCUT2D eigenvalue weighted by Crippen LogP contribution is 2.10. The van der Waals surface area contributed by atoms with Gasteiger partial charge in [-0.1, -0.05) is 61.5 Å². The van der Waals surface area contributed by atoms with Crippen molar-refractivity contribution in [3.8, 4) is 0 Å². The molecule has 10 nitrogen and oxygen atoms in total. The number of rotatable bonds is 19. The average Bonchev–Trinajstić information content (AvgIpc) is 2.83. The van der Waals surface area contributed by atoms with Crippen LogP contribution < -0.4 is 26.6 Å². The number of nitrogens with one attached hydrogen (secondary N) is 5. The maximum atomic E-state index is 13.0. The lowest BCUT2D eigenvalue weighted by atomic mass is 9.97. The second-order valence-corrected chi connectivity index (χ2v) is 11.4. The van der Waals surface area contributed by atoms with E-state index in [2.05, 4.69) is 26.6 Å². The molecule has 0 rings (SSSR count). The van der Waals surface area contributed by atoms with E-state index < -0.39 is 29.9 Å². The van der Waals surface area contributed by atoms with E-state index in [0.717, 1.165) is 0 Å². The van der Waals surface area contributed by atoms with Crippen molar-refractivity contribution in [2.45, 2.75) is 112 Å². The molecule has 0 aliphatic rings. The van der Waals surface area contributed by atoms with Crippen molar-refractivity contribution >= 4 is 29.4 Å². The maximum absolute atomic E-state index is 13.0. The fourth-order valence-corrected chi connectivity index (χ4v) is 4.01. The van der Waals surface area contributed by atoms with Gasteiger partial charge in [-0.15, -0.1) is 0 Å². The lowest BCUT2D eigenvalue weighted by molar-refractivity contribution is -0.132. The highest BCUT2D eigenvalue weighted by molar-refractivity contribution is 5.94. The van der Waals surface area contributed by atoms with Crippen LogP contribution in [-0.2, 0) is 24.0 Å². The van der Waals surface area contributed by atoms with Crippen molar-refractivity contribution in [3.63, 3.8) is 0 Å². The van der Waals surface area contributed by atoms with Gasteiger partial charge in [-0.05, 0) is 50.5 Å². The number of carbonyl (C=O) groups excluding carboxylic acids is 5. The summed E-state index contributed by atoms with van der Waals surface area (Å²) in [5.74, 6) is -1.52. The molecule has 5 N–H and O–H groups in total. The van der Waals surface area contributed by atoms with Crippen LogP contribution in [-0.4, -0.2) is 66.7 Å². The summed E-state index contributed by atoms with van der Waals surface area (Å²) in [5, 5.41) is 14.2. The Balaban J connectivity index is 5.08. The predicted octanol–water partition coefficient (Wildman–Crippen LogP) is 2.23. The van der Waals surface area contributed by atoms with E-state index >= 15 is 0 Å². The number of amides is 4. The van der Waals surface area contributed by atoms with Crippen molar-refractivity contribution in [1.82, 2.24) is 26.6 Å². The molecule has 39 heavy (non-hydrogen) atoms. The minimum atomic E-state index is -0.786. The van der Waals surface area contributed by atoms with E-state index in [1.54, 1.807) is 26.8 Å². The first kappa shape index (κ1) is 36.2. The minimum absolute atomic E-state index is 0.0285. The molecule has 0 radical (unpaired) electrons. The standard InChI is InChI=1S/C29H53N5O5/c1-10-13-24(35)30-15-12-11-14-22(27(37)20(6)7)33-25(36)17-31-28(38)23(16-18(2)3)34-29(39)26(19(4)5)32-21(8)9/h10,13,18-23,26,32H,11-12,14-17H2,1-9H3,(H,30,35)(H,31,38)(H,33,36)(H,34,39)/b13-10+. The van der Waals surface area contributed by atoms with Crippen LogP contribution in [0.3, 0.4) is 0 Å². The fraction of sp³-hybridized carbons (Fsp3) is 0.759. The second kappa shape index (κ2) is 19.3. The van der Waals surface area contributed by atoms with Crippen LogP contribution >= 0.6 is 0 Å². The zero-order chi connectivity index (χ0) is 30.1. The summed E-state index contributed by atoms with van der Waals surface area (Å²) in [6.07, 6.45) is 5.26. The second-order valence-electron chi connectivity index (χ2n) is 11.4. The van der Waals surface area contributed by atoms with Gasteiger partial charge >= 0.3 is 0 Å². The number of hydrogen-bond acceptors (Lipinski definition) is 6. The van der Waals surface area contributed by atoms with E-state index in [4.69, 9.17) is 0 Å². The molecule has 0 aromatic carbocycles. The van der Waals surface area contributed by atoms with Crippen molar-refractivity contribution < 1.29 is 24.0 Å². The van der Waals surface area contributed by atoms with Gasteiger partial charge in [-0.2, -0.15) is 0 Å². The Labute approximate surface area is 235 Å². The average molecular weight is 552 g/mol. The maximum Gasteiger partial charge on any atom is 0.243 e. The van der Waals surface area contributed by atoms with Crippen LogP contribution in [0.2, 0.25) is 0 Å². The molecule has 0 saturated carbocycles. The van der Waals surface area contributed by atoms with Crippen molar-refractivity contribution in [1.29, 1.82) is 0 Å². The van der Waals surface area contributed by atoms with E-state index in [9.17, 15) is 24.0 Å². The van der Waals surface area contributed by atoms with E-state index in [1.165, 1.54) is 6.08 Å². The molecule has 0 saturated heterocycles. The van der Waals surface area contributed by atoms with Gasteiger partial charge in [0.1, 0.15) is 6.04 Å². The molecular formula is C29H53N5O5. The van der Waals surface area contributed by atoms with E-state index in [1.807, 2.05) is 41.5 Å². The van der Waals surface area contributed by atoms with Gasteiger partial charge in [-0.3, -0.25) is 24.0 Å². The number of ketones is 1. The molecule has 3 unspecified atom stereocenters. The number of unbranched alkanes of at least 4 members (excludes halogenated alkanes) is 1. The fourth-order valence-electron chi connectivity index (χ4n) is 4.01. The van der Waals surface area contributed by atoms with Crippen LogP contribution in [0.1, 0.15) is 88.0 Å². The van der Waals surface area contributed by atoms with Gasteiger partial charge in [0, 0.05) is 18.5 Å². The molecule has 0 aliphatic carbocycles. The van der Waals surface area contributed by atoms with Gasteiger partial charge in [-0.25, -0.2) is 0 Å². The van der Waals surface area contributed by atoms with Crippen LogP contribution in [0.15, 0.2) is 12.2 Å². The Morgan fingerprint density at radius 2 is 1.41 bits per heavy atom. The molecule has 4 amide bonds. The smallest absolute Gasteiger partial charge is 0.243 e. The molecule has 10 heteroatoms. The Morgan fingerprint density at radius 1 is 0.769 bits per heavy atom. The third-order valence-electron chi connectivity index (χ3n) is 6.01. The highest BCUT2D eigenvalue weighted by Gasteiger charge is 2.29. The first-order valence-electron chi connectivity index (χ1n) is 14.3. The summed E-state index contributed by atoms with van der Waals surface area (Å²) in [6.45, 7) is 17.2. The van der Waals surface area contributed by atoms with Crippen LogP contribution in [0.5, 0.6) is 0 Å². The number of hydrogen-bond donors (Lipinski definition) is 5. The minimum Gasteiger partial charge on any atom is -0.353 e. The molecule has 0 aromatic rings. The molecule has 0 heterocycles. The Bertz CT molecular complexity index is 823. The lowest BCUT2D eigenvalue weighted by Crippen LogP contribution is -2.56. The summed E-state index contributed by atoms with van der Waals surface area (Å²) in [6, 6.07) is -1.82. The van der Waals surface area contributed by atoms with Crippen LogP contribution in [0.25, 0.3) is 0 Å². The normalized spacial score (nSPS) is 14.0. The van der Waals surface area contributed by atoms with Crippen molar-refractivity contribution in [3.05, 3.63) is 12.2 Å². The number of Topliss-reactive ketones (excluding diaryl/α,β-unsaturated/α-hetero) is 1. The number of allylic oxidation sites excluding steroid dienone is 1. The topological polar surface area (TPSA) is 146 Å². The highest BCUT2D eigenvalue weighted by atomic mass is 16.2. The van der Waals surface area contributed by atoms with Crippen LogP contribution in [0, 0.1) is 17.8 Å². The van der Waals surface area contributed by atoms with Gasteiger partial charge in [0.05, 0.1) is 18.6 Å². The quantitative estimate of drug-likeness (QED) is 0.123. The summed E-state index contributed by atoms with van der Waals surface area (Å²) in [4.78, 5) is 62.8. The monoisotopic (exact) mass is 551 g/mol. The molecule has 0 aliphatic heterocycles. The summed E-state index contributed by atoms with van der Waals surface area (Å²) >= 11 is 0. The van der Waals surface area contributed by atoms with Gasteiger partial charge in [0.2, 0.25) is 23.6 Å². The first-order chi connectivity index (χ1) is 18.2. The van der Waals surface area contributed by atoms with E-state index in [-0.39, 0.29) is 47.9 Å². The molecule has 3 atom stereocenters. The SMILES string of the molecule is C/C=C/C(=O)NCCCCC(NC(=O)CNC(=O)C(CC(C)C)NC(=O)C(NC(C)C)C(C)C)C(=O)C(C)C. The van der Waals surface area contributed by atoms with Crippen molar-refractivity contribution in [2.75, 3.05) is 13.1 Å². The van der Waals surface area contributed by atoms with Crippen LogP contribution in [0.4, 0.5) is 0 Å². The predicted molar refractivity (Wildman–Crippen MR) is 155 cm³/mol. The first-order valence-corrected chi connectivity index (χ1v) is 14.3.